The summed E-state index contributed by atoms with van der Waals surface area (Å²) < 4.78 is 5.43. The molecule has 26 heavy (non-hydrogen) atoms. The Kier molecular flexibility index (Phi) is 7.23. The third kappa shape index (κ3) is 5.63. The van der Waals surface area contributed by atoms with Gasteiger partial charge >= 0.3 is 12.0 Å². The zero-order chi connectivity index (χ0) is 18.9. The number of thioether (sulfide) groups is 1. The molecule has 2 aromatic carbocycles. The molecular formula is C19H20N2O4S. The Balaban J connectivity index is 2.11. The lowest BCUT2D eigenvalue weighted by Crippen LogP contribution is -2.41. The molecule has 0 unspecified atom stereocenters. The molecule has 136 valence electrons. The Morgan fingerprint density at radius 3 is 2.12 bits per heavy atom. The van der Waals surface area contributed by atoms with Crippen LogP contribution in [0.1, 0.15) is 18.6 Å². The van der Waals surface area contributed by atoms with Gasteiger partial charge in [0.15, 0.2) is 0 Å². The van der Waals surface area contributed by atoms with Crippen LogP contribution in [0, 0.1) is 0 Å². The zero-order valence-corrected chi connectivity index (χ0v) is 15.3. The van der Waals surface area contributed by atoms with E-state index in [1.165, 1.54) is 18.8 Å². The normalized spacial score (nSPS) is 12.5. The lowest BCUT2D eigenvalue weighted by Gasteiger charge is -2.19. The standard InChI is InChI=1S/C19H20N2O4S/c1-13(26-15-11-7-4-8-12-15)18(23)25-16(14-9-5-3-6-10-14)17(22)21-19(24)20-2/h3-13,16H,1-2H3,(H2,20,21,22,24)/t13-,16+/m0/s1. The van der Waals surface area contributed by atoms with Gasteiger partial charge < -0.3 is 10.1 Å². The van der Waals surface area contributed by atoms with Crippen molar-refractivity contribution < 1.29 is 19.1 Å². The second-order valence-electron chi connectivity index (χ2n) is 5.37. The molecule has 2 rings (SSSR count). The van der Waals surface area contributed by atoms with Crippen LogP contribution in [0.15, 0.2) is 65.6 Å². The van der Waals surface area contributed by atoms with Gasteiger partial charge in [-0.15, -0.1) is 11.8 Å². The van der Waals surface area contributed by atoms with E-state index in [9.17, 15) is 14.4 Å². The molecule has 6 nitrogen and oxygen atoms in total. The number of hydrogen-bond acceptors (Lipinski definition) is 5. The predicted molar refractivity (Wildman–Crippen MR) is 99.6 cm³/mol. The highest BCUT2D eigenvalue weighted by molar-refractivity contribution is 8.00. The predicted octanol–water partition coefficient (Wildman–Crippen LogP) is 2.91. The minimum absolute atomic E-state index is 0.485. The largest absolute Gasteiger partial charge is 0.446 e. The van der Waals surface area contributed by atoms with E-state index in [4.69, 9.17) is 4.74 Å². The van der Waals surface area contributed by atoms with Gasteiger partial charge in [-0.05, 0) is 19.1 Å². The number of hydrogen-bond donors (Lipinski definition) is 2. The summed E-state index contributed by atoms with van der Waals surface area (Å²) in [7, 11) is 1.39. The SMILES string of the molecule is CNC(=O)NC(=O)[C@H](OC(=O)[C@H](C)Sc1ccccc1)c1ccccc1. The van der Waals surface area contributed by atoms with Crippen LogP contribution >= 0.6 is 11.8 Å². The molecule has 0 aliphatic heterocycles. The molecule has 3 amide bonds. The van der Waals surface area contributed by atoms with E-state index in [2.05, 4.69) is 10.6 Å². The van der Waals surface area contributed by atoms with Crippen molar-refractivity contribution in [2.24, 2.45) is 0 Å². The summed E-state index contributed by atoms with van der Waals surface area (Å²) in [6, 6.07) is 17.3. The van der Waals surface area contributed by atoms with Crippen LogP contribution in [-0.2, 0) is 14.3 Å². The Bertz CT molecular complexity index is 753. The Morgan fingerprint density at radius 2 is 1.54 bits per heavy atom. The van der Waals surface area contributed by atoms with Crippen molar-refractivity contribution in [3.05, 3.63) is 66.2 Å². The maximum atomic E-state index is 12.5. The van der Waals surface area contributed by atoms with E-state index >= 15 is 0 Å². The molecule has 2 N–H and O–H groups in total. The van der Waals surface area contributed by atoms with Gasteiger partial charge in [-0.1, -0.05) is 48.5 Å². The second kappa shape index (κ2) is 9.62. The average Bonchev–Trinajstić information content (AvgIpc) is 2.67. The highest BCUT2D eigenvalue weighted by Gasteiger charge is 2.28. The minimum Gasteiger partial charge on any atom is -0.446 e. The van der Waals surface area contributed by atoms with Crippen molar-refractivity contribution in [1.29, 1.82) is 0 Å². The number of ether oxygens (including phenoxy) is 1. The van der Waals surface area contributed by atoms with Crippen LogP contribution < -0.4 is 10.6 Å². The van der Waals surface area contributed by atoms with Crippen molar-refractivity contribution >= 4 is 29.7 Å². The molecule has 2 atom stereocenters. The van der Waals surface area contributed by atoms with Gasteiger partial charge in [0.25, 0.3) is 5.91 Å². The molecule has 0 bridgehead atoms. The number of esters is 1. The van der Waals surface area contributed by atoms with Crippen molar-refractivity contribution in [3.8, 4) is 0 Å². The molecule has 0 saturated carbocycles. The number of rotatable bonds is 6. The lowest BCUT2D eigenvalue weighted by atomic mass is 10.1. The lowest BCUT2D eigenvalue weighted by molar-refractivity contribution is -0.155. The molecule has 0 radical (unpaired) electrons. The van der Waals surface area contributed by atoms with E-state index in [0.29, 0.717) is 5.56 Å². The first-order chi connectivity index (χ1) is 12.5. The summed E-state index contributed by atoms with van der Waals surface area (Å²) in [6.45, 7) is 1.71. The summed E-state index contributed by atoms with van der Waals surface area (Å²) in [4.78, 5) is 37.2. The topological polar surface area (TPSA) is 84.5 Å². The summed E-state index contributed by atoms with van der Waals surface area (Å²) in [5.41, 5.74) is 0.485. The van der Waals surface area contributed by atoms with Crippen LogP contribution in [0.3, 0.4) is 0 Å². The summed E-state index contributed by atoms with van der Waals surface area (Å²) >= 11 is 1.33. The molecule has 0 aliphatic carbocycles. The fourth-order valence-electron chi connectivity index (χ4n) is 2.10. The van der Waals surface area contributed by atoms with E-state index in [1.807, 2.05) is 30.3 Å². The fraction of sp³-hybridized carbons (Fsp3) is 0.211. The molecule has 0 aliphatic rings. The number of carbonyl (C=O) groups is 3. The third-order valence-corrected chi connectivity index (χ3v) is 4.52. The third-order valence-electron chi connectivity index (χ3n) is 3.43. The molecule has 0 heterocycles. The number of imide groups is 1. The van der Waals surface area contributed by atoms with Gasteiger partial charge in [0, 0.05) is 17.5 Å². The number of nitrogens with one attached hydrogen (secondary N) is 2. The maximum Gasteiger partial charge on any atom is 0.321 e. The number of carbonyl (C=O) groups excluding carboxylic acids is 3. The minimum atomic E-state index is -1.21. The first-order valence-corrected chi connectivity index (χ1v) is 8.89. The molecule has 0 fully saturated rings. The molecule has 7 heteroatoms. The quantitative estimate of drug-likeness (QED) is 0.602. The molecular weight excluding hydrogens is 352 g/mol. The van der Waals surface area contributed by atoms with Crippen molar-refractivity contribution in [2.75, 3.05) is 7.05 Å². The van der Waals surface area contributed by atoms with Crippen molar-refractivity contribution in [3.63, 3.8) is 0 Å². The number of benzene rings is 2. The van der Waals surface area contributed by atoms with Gasteiger partial charge in [-0.2, -0.15) is 0 Å². The smallest absolute Gasteiger partial charge is 0.321 e. The first-order valence-electron chi connectivity index (χ1n) is 8.01. The number of amides is 3. The van der Waals surface area contributed by atoms with Crippen molar-refractivity contribution in [1.82, 2.24) is 10.6 Å². The molecule has 2 aromatic rings. The van der Waals surface area contributed by atoms with E-state index < -0.39 is 29.3 Å². The van der Waals surface area contributed by atoms with Crippen LogP contribution in [0.2, 0.25) is 0 Å². The van der Waals surface area contributed by atoms with Gasteiger partial charge in [0.2, 0.25) is 6.10 Å². The summed E-state index contributed by atoms with van der Waals surface area (Å²) in [5, 5.41) is 3.93. The van der Waals surface area contributed by atoms with Crippen LogP contribution in [-0.4, -0.2) is 30.2 Å². The zero-order valence-electron chi connectivity index (χ0n) is 14.5. The highest BCUT2D eigenvalue weighted by Crippen LogP contribution is 2.26. The van der Waals surface area contributed by atoms with Gasteiger partial charge in [0.1, 0.15) is 5.25 Å². The Labute approximate surface area is 156 Å². The summed E-state index contributed by atoms with van der Waals surface area (Å²) in [5.74, 6) is -1.25. The van der Waals surface area contributed by atoms with Crippen LogP contribution in [0.4, 0.5) is 4.79 Å². The highest BCUT2D eigenvalue weighted by atomic mass is 32.2. The number of urea groups is 1. The fourth-order valence-corrected chi connectivity index (χ4v) is 2.98. The Hall–Kier alpha value is -2.80. The van der Waals surface area contributed by atoms with Gasteiger partial charge in [-0.25, -0.2) is 4.79 Å². The van der Waals surface area contributed by atoms with Crippen LogP contribution in [0.25, 0.3) is 0 Å². The van der Waals surface area contributed by atoms with E-state index in [0.717, 1.165) is 4.90 Å². The van der Waals surface area contributed by atoms with E-state index in [1.54, 1.807) is 37.3 Å². The van der Waals surface area contributed by atoms with Gasteiger partial charge in [0.05, 0.1) is 0 Å². The van der Waals surface area contributed by atoms with Gasteiger partial charge in [-0.3, -0.25) is 14.9 Å². The van der Waals surface area contributed by atoms with E-state index in [-0.39, 0.29) is 0 Å². The van der Waals surface area contributed by atoms with Crippen molar-refractivity contribution in [2.45, 2.75) is 23.2 Å². The second-order valence-corrected chi connectivity index (χ2v) is 6.78. The maximum absolute atomic E-state index is 12.5. The Morgan fingerprint density at radius 1 is 0.962 bits per heavy atom. The average molecular weight is 372 g/mol. The first kappa shape index (κ1) is 19.5. The van der Waals surface area contributed by atoms with Crippen LogP contribution in [0.5, 0.6) is 0 Å². The summed E-state index contributed by atoms with van der Waals surface area (Å²) in [6.07, 6.45) is -1.21. The molecule has 0 saturated heterocycles. The molecule has 0 aromatic heterocycles. The monoisotopic (exact) mass is 372 g/mol. The molecule has 0 spiro atoms.